The number of hydrogen-bond donors (Lipinski definition) is 3. The first kappa shape index (κ1) is 41.1. The third-order valence-electron chi connectivity index (χ3n) is 10.2. The Morgan fingerprint density at radius 3 is 2.35 bits per heavy atom. The molecule has 0 radical (unpaired) electrons. The predicted molar refractivity (Wildman–Crippen MR) is 206 cm³/mol. The first-order valence-corrected chi connectivity index (χ1v) is 19.2. The molecule has 3 aromatic rings. The molecule has 2 aliphatic rings. The lowest BCUT2D eigenvalue weighted by Gasteiger charge is -2.52. The SMILES string of the molecule is C=CC1CC(NC(=O)C2CC(Oc3cc(-c4ccccc4)nc4cc(OC)ccc34)CN2C(=O)C(NC(=O)OC(C)(C)C)C(C)(C)C)(C(=O)NS(=O)[O-])C1C. The zero-order chi connectivity index (χ0) is 40.5. The van der Waals surface area contributed by atoms with Crippen molar-refractivity contribution in [3.63, 3.8) is 0 Å². The number of carbonyl (C=O) groups is 4. The number of methoxy groups -OCH3 is 1. The third-order valence-corrected chi connectivity index (χ3v) is 10.5. The molecule has 7 atom stereocenters. The van der Waals surface area contributed by atoms with Gasteiger partial charge < -0.3 is 34.3 Å². The molecule has 1 saturated carbocycles. The number of benzene rings is 2. The number of rotatable bonds is 11. The van der Waals surface area contributed by atoms with Crippen LogP contribution in [0.5, 0.6) is 11.5 Å². The molecule has 296 valence electrons. The van der Waals surface area contributed by atoms with E-state index in [0.29, 0.717) is 28.1 Å². The van der Waals surface area contributed by atoms with Crippen molar-refractivity contribution in [2.75, 3.05) is 13.7 Å². The van der Waals surface area contributed by atoms with E-state index in [9.17, 15) is 27.9 Å². The standard InChI is InChI=1S/C40H51N5O9S/c1-10-24-21-40(23(24)2,36(48)44-55(50)51)43-34(46)31-19-27(22-45(31)35(47)33(38(3,4)5)42-37(49)54-39(6,7)8)53-32-20-29(25-14-12-11-13-15-25)41-30-18-26(52-9)16-17-28(30)32/h10-18,20,23-24,27,31,33H,1,19,21-22H2,2-9H3,(H,42,49)(H,43,46)(H,44,48)(H,50,51)/p-1. The molecule has 7 unspecified atom stereocenters. The van der Waals surface area contributed by atoms with Crippen molar-refractivity contribution in [2.24, 2.45) is 17.3 Å². The zero-order valence-electron chi connectivity index (χ0n) is 32.5. The normalized spacial score (nSPS) is 23.5. The Labute approximate surface area is 324 Å². The molecule has 15 heteroatoms. The molecule has 14 nitrogen and oxygen atoms in total. The number of alkyl carbamates (subject to hydrolysis) is 1. The van der Waals surface area contributed by atoms with Crippen LogP contribution in [0.2, 0.25) is 0 Å². The molecule has 0 spiro atoms. The molecule has 2 fully saturated rings. The second-order valence-corrected chi connectivity index (χ2v) is 16.9. The summed E-state index contributed by atoms with van der Waals surface area (Å²) < 4.78 is 42.6. The topological polar surface area (TPSA) is 188 Å². The van der Waals surface area contributed by atoms with Crippen LogP contribution in [0.3, 0.4) is 0 Å². The second kappa shape index (κ2) is 16.0. The molecule has 5 rings (SSSR count). The molecule has 2 heterocycles. The van der Waals surface area contributed by atoms with Gasteiger partial charge in [-0.2, -0.15) is 0 Å². The van der Waals surface area contributed by atoms with Gasteiger partial charge in [-0.1, -0.05) is 64.1 Å². The summed E-state index contributed by atoms with van der Waals surface area (Å²) in [5, 5.41) is 6.21. The van der Waals surface area contributed by atoms with Crippen molar-refractivity contribution in [3.8, 4) is 22.8 Å². The molecule has 0 bridgehead atoms. The van der Waals surface area contributed by atoms with E-state index in [2.05, 4.69) is 17.2 Å². The van der Waals surface area contributed by atoms with E-state index in [0.717, 1.165) is 5.56 Å². The molecule has 1 aliphatic carbocycles. The Bertz CT molecular complexity index is 1980. The zero-order valence-corrected chi connectivity index (χ0v) is 33.3. The molecule has 1 saturated heterocycles. The van der Waals surface area contributed by atoms with Gasteiger partial charge in [0.05, 0.1) is 24.9 Å². The van der Waals surface area contributed by atoms with E-state index in [1.807, 2.05) is 41.1 Å². The number of allylic oxidation sites excluding steroid dienone is 1. The lowest BCUT2D eigenvalue weighted by Crippen LogP contribution is -2.72. The van der Waals surface area contributed by atoms with Gasteiger partial charge in [-0.05, 0) is 56.6 Å². The Morgan fingerprint density at radius 1 is 1.07 bits per heavy atom. The quantitative estimate of drug-likeness (QED) is 0.180. The van der Waals surface area contributed by atoms with E-state index in [1.165, 1.54) is 4.90 Å². The summed E-state index contributed by atoms with van der Waals surface area (Å²) in [5.74, 6) is -1.77. The van der Waals surface area contributed by atoms with Crippen LogP contribution in [0.15, 0.2) is 67.3 Å². The number of pyridine rings is 1. The summed E-state index contributed by atoms with van der Waals surface area (Å²) in [6.07, 6.45) is 0.219. The van der Waals surface area contributed by atoms with Crippen LogP contribution in [0.4, 0.5) is 4.79 Å². The van der Waals surface area contributed by atoms with Crippen molar-refractivity contribution in [1.82, 2.24) is 25.2 Å². The predicted octanol–water partition coefficient (Wildman–Crippen LogP) is 4.81. The van der Waals surface area contributed by atoms with Crippen LogP contribution in [-0.2, 0) is 30.4 Å². The molecule has 3 N–H and O–H groups in total. The fourth-order valence-electron chi connectivity index (χ4n) is 7.17. The minimum absolute atomic E-state index is 0.00592. The van der Waals surface area contributed by atoms with Gasteiger partial charge >= 0.3 is 6.09 Å². The van der Waals surface area contributed by atoms with Crippen LogP contribution in [0.25, 0.3) is 22.2 Å². The number of ether oxygens (including phenoxy) is 3. The van der Waals surface area contributed by atoms with Crippen LogP contribution in [0, 0.1) is 17.3 Å². The lowest BCUT2D eigenvalue weighted by atomic mass is 9.59. The average molecular weight is 777 g/mol. The van der Waals surface area contributed by atoms with Crippen LogP contribution in [0.1, 0.15) is 61.3 Å². The van der Waals surface area contributed by atoms with Crippen molar-refractivity contribution in [1.29, 1.82) is 0 Å². The molecule has 1 aliphatic heterocycles. The monoisotopic (exact) mass is 776 g/mol. The van der Waals surface area contributed by atoms with Gasteiger partial charge in [0.1, 0.15) is 40.8 Å². The second-order valence-electron chi connectivity index (χ2n) is 16.2. The number of fused-ring (bicyclic) bond motifs is 1. The van der Waals surface area contributed by atoms with Crippen LogP contribution >= 0.6 is 0 Å². The summed E-state index contributed by atoms with van der Waals surface area (Å²) in [6, 6.07) is 14.4. The fourth-order valence-corrected chi connectivity index (χ4v) is 7.50. The Hall–Kier alpha value is -5.02. The van der Waals surface area contributed by atoms with E-state index >= 15 is 0 Å². The van der Waals surface area contributed by atoms with Gasteiger partial charge in [0.25, 0.3) is 5.91 Å². The Morgan fingerprint density at radius 2 is 1.76 bits per heavy atom. The number of nitrogens with zero attached hydrogens (tertiary/aromatic N) is 2. The van der Waals surface area contributed by atoms with Crippen LogP contribution in [-0.4, -0.2) is 85.4 Å². The number of likely N-dealkylation sites (tertiary alicyclic amines) is 1. The van der Waals surface area contributed by atoms with Gasteiger partial charge in [0.15, 0.2) is 0 Å². The van der Waals surface area contributed by atoms with Gasteiger partial charge in [-0.3, -0.25) is 23.3 Å². The van der Waals surface area contributed by atoms with Gasteiger partial charge in [0.2, 0.25) is 11.8 Å². The maximum atomic E-state index is 14.6. The highest BCUT2D eigenvalue weighted by atomic mass is 32.2. The van der Waals surface area contributed by atoms with Crippen LogP contribution < -0.4 is 24.8 Å². The largest absolute Gasteiger partial charge is 0.755 e. The molecule has 55 heavy (non-hydrogen) atoms. The number of nitrogens with one attached hydrogen (secondary N) is 3. The first-order valence-electron chi connectivity index (χ1n) is 18.1. The first-order chi connectivity index (χ1) is 25.8. The van der Waals surface area contributed by atoms with Gasteiger partial charge in [0, 0.05) is 40.8 Å². The molecular weight excluding hydrogens is 727 g/mol. The molecule has 2 aromatic carbocycles. The van der Waals surface area contributed by atoms with Gasteiger partial charge in [-0.15, -0.1) is 6.58 Å². The maximum absolute atomic E-state index is 14.6. The highest BCUT2D eigenvalue weighted by Gasteiger charge is 2.58. The number of hydrogen-bond acceptors (Lipinski definition) is 10. The average Bonchev–Trinajstić information content (AvgIpc) is 3.54. The van der Waals surface area contributed by atoms with Crippen molar-refractivity contribution >= 4 is 46.0 Å². The highest BCUT2D eigenvalue weighted by Crippen LogP contribution is 2.45. The van der Waals surface area contributed by atoms with Crippen molar-refractivity contribution < 1.29 is 42.2 Å². The Balaban J connectivity index is 1.54. The summed E-state index contributed by atoms with van der Waals surface area (Å²) in [6.45, 7) is 15.9. The minimum atomic E-state index is -2.93. The molecule has 4 amide bonds. The van der Waals surface area contributed by atoms with E-state index in [-0.39, 0.29) is 25.3 Å². The van der Waals surface area contributed by atoms with E-state index in [4.69, 9.17) is 19.2 Å². The summed E-state index contributed by atoms with van der Waals surface area (Å²) in [4.78, 5) is 61.7. The minimum Gasteiger partial charge on any atom is -0.755 e. The summed E-state index contributed by atoms with van der Waals surface area (Å²) in [5.41, 5.74) is -1.19. The number of aromatic nitrogens is 1. The third kappa shape index (κ3) is 9.10. The summed E-state index contributed by atoms with van der Waals surface area (Å²) in [7, 11) is 1.56. The van der Waals surface area contributed by atoms with Crippen molar-refractivity contribution in [2.45, 2.75) is 90.6 Å². The smallest absolute Gasteiger partial charge is 0.408 e. The van der Waals surface area contributed by atoms with Gasteiger partial charge in [-0.25, -0.2) is 9.78 Å². The lowest BCUT2D eigenvalue weighted by molar-refractivity contribution is -0.147. The van der Waals surface area contributed by atoms with E-state index < -0.39 is 75.7 Å². The number of amides is 4. The van der Waals surface area contributed by atoms with Crippen molar-refractivity contribution in [3.05, 3.63) is 67.3 Å². The fraction of sp³-hybridized carbons (Fsp3) is 0.475. The van der Waals surface area contributed by atoms with E-state index in [1.54, 1.807) is 79.9 Å². The molecule has 1 aromatic heterocycles. The molecular formula is C40H50N5O9S-. The number of carbonyl (C=O) groups excluding carboxylic acids is 4. The summed E-state index contributed by atoms with van der Waals surface area (Å²) >= 11 is -2.93. The Kier molecular flexibility index (Phi) is 12.0. The maximum Gasteiger partial charge on any atom is 0.408 e. The highest BCUT2D eigenvalue weighted by molar-refractivity contribution is 7.77.